The van der Waals surface area contributed by atoms with E-state index in [2.05, 4.69) is 24.1 Å². The lowest BCUT2D eigenvalue weighted by Gasteiger charge is -2.25. The van der Waals surface area contributed by atoms with E-state index in [0.717, 1.165) is 37.3 Å². The predicted octanol–water partition coefficient (Wildman–Crippen LogP) is 3.08. The molecule has 0 radical (unpaired) electrons. The molecule has 4 heteroatoms. The summed E-state index contributed by atoms with van der Waals surface area (Å²) in [4.78, 5) is 13.8. The van der Waals surface area contributed by atoms with Gasteiger partial charge in [-0.05, 0) is 25.0 Å². The Bertz CT molecular complexity index is 466. The van der Waals surface area contributed by atoms with Crippen molar-refractivity contribution in [3.8, 4) is 0 Å². The van der Waals surface area contributed by atoms with Crippen molar-refractivity contribution in [1.29, 1.82) is 0 Å². The zero-order chi connectivity index (χ0) is 14.5. The fourth-order valence-electron chi connectivity index (χ4n) is 2.50. The number of nitrogens with zero attached hydrogens (tertiary/aromatic N) is 1. The minimum Gasteiger partial charge on any atom is -0.378 e. The molecule has 2 N–H and O–H groups in total. The smallest absolute Gasteiger partial charge is 0.257 e. The molecular formula is C16H24N2O2. The van der Waals surface area contributed by atoms with Crippen LogP contribution in [0.25, 0.3) is 0 Å². The number of hydrogen-bond acceptors (Lipinski definition) is 3. The van der Waals surface area contributed by atoms with Crippen molar-refractivity contribution in [3.63, 3.8) is 0 Å². The van der Waals surface area contributed by atoms with Crippen molar-refractivity contribution in [2.45, 2.75) is 45.6 Å². The van der Waals surface area contributed by atoms with Gasteiger partial charge in [0.25, 0.3) is 5.91 Å². The molecule has 1 aliphatic rings. The van der Waals surface area contributed by atoms with E-state index in [1.165, 1.54) is 12.8 Å². The zero-order valence-electron chi connectivity index (χ0n) is 12.4. The van der Waals surface area contributed by atoms with Crippen LogP contribution >= 0.6 is 0 Å². The molecule has 1 aromatic carbocycles. The van der Waals surface area contributed by atoms with Crippen molar-refractivity contribution >= 4 is 17.3 Å². The van der Waals surface area contributed by atoms with Crippen LogP contribution in [0.3, 0.4) is 0 Å². The number of aliphatic hydroxyl groups excluding tert-OH is 1. The highest BCUT2D eigenvalue weighted by molar-refractivity contribution is 6.02. The third-order valence-corrected chi connectivity index (χ3v) is 3.77. The first-order valence-electron chi connectivity index (χ1n) is 7.55. The van der Waals surface area contributed by atoms with Crippen molar-refractivity contribution in [1.82, 2.24) is 0 Å². The van der Waals surface area contributed by atoms with Gasteiger partial charge in [0.05, 0.1) is 0 Å². The average Bonchev–Trinajstić information content (AvgIpc) is 2.74. The second kappa shape index (κ2) is 6.75. The van der Waals surface area contributed by atoms with Gasteiger partial charge in [-0.3, -0.25) is 4.79 Å². The maximum atomic E-state index is 11.5. The fourth-order valence-corrected chi connectivity index (χ4v) is 2.50. The lowest BCUT2D eigenvalue weighted by molar-refractivity contribution is -0.123. The molecule has 1 heterocycles. The summed E-state index contributed by atoms with van der Waals surface area (Å²) in [6, 6.07) is 5.85. The normalized spacial score (nSPS) is 16.9. The highest BCUT2D eigenvalue weighted by Gasteiger charge is 2.28. The molecule has 0 spiro atoms. The van der Waals surface area contributed by atoms with Gasteiger partial charge in [-0.25, -0.2) is 0 Å². The number of aliphatic hydroxyl groups is 1. The van der Waals surface area contributed by atoms with Gasteiger partial charge < -0.3 is 15.3 Å². The van der Waals surface area contributed by atoms with Gasteiger partial charge in [-0.15, -0.1) is 0 Å². The largest absolute Gasteiger partial charge is 0.378 e. The first-order valence-corrected chi connectivity index (χ1v) is 7.55. The Morgan fingerprint density at radius 1 is 1.20 bits per heavy atom. The summed E-state index contributed by atoms with van der Waals surface area (Å²) in [7, 11) is 0. The average molecular weight is 276 g/mol. The number of hydrogen-bond donors (Lipinski definition) is 2. The van der Waals surface area contributed by atoms with Crippen molar-refractivity contribution in [2.75, 3.05) is 23.3 Å². The Kier molecular flexibility index (Phi) is 5.01. The third-order valence-electron chi connectivity index (χ3n) is 3.77. The lowest BCUT2D eigenvalue weighted by Crippen LogP contribution is -2.25. The van der Waals surface area contributed by atoms with E-state index < -0.39 is 6.10 Å². The Balaban J connectivity index is 2.17. The van der Waals surface area contributed by atoms with E-state index in [1.54, 1.807) is 0 Å². The molecule has 1 aliphatic heterocycles. The van der Waals surface area contributed by atoms with E-state index in [4.69, 9.17) is 0 Å². The topological polar surface area (TPSA) is 52.6 Å². The first-order chi connectivity index (χ1) is 9.67. The molecule has 4 nitrogen and oxygen atoms in total. The van der Waals surface area contributed by atoms with Crippen LogP contribution in [0.1, 0.15) is 51.2 Å². The van der Waals surface area contributed by atoms with Crippen LogP contribution in [0.4, 0.5) is 11.4 Å². The molecule has 20 heavy (non-hydrogen) atoms. The maximum absolute atomic E-state index is 11.5. The molecule has 0 saturated heterocycles. The van der Waals surface area contributed by atoms with Crippen molar-refractivity contribution in [3.05, 3.63) is 23.8 Å². The summed E-state index contributed by atoms with van der Waals surface area (Å²) in [5.41, 5.74) is 2.56. The van der Waals surface area contributed by atoms with Crippen LogP contribution in [0.5, 0.6) is 0 Å². The summed E-state index contributed by atoms with van der Waals surface area (Å²) in [5, 5.41) is 12.5. The molecule has 0 aromatic heterocycles. The van der Waals surface area contributed by atoms with E-state index in [0.29, 0.717) is 5.56 Å². The zero-order valence-corrected chi connectivity index (χ0v) is 12.4. The molecule has 1 amide bonds. The summed E-state index contributed by atoms with van der Waals surface area (Å²) < 4.78 is 0. The van der Waals surface area contributed by atoms with Gasteiger partial charge in [0.15, 0.2) is 6.10 Å². The number of carbonyl (C=O) groups excluding carboxylic acids is 1. The molecular weight excluding hydrogens is 252 g/mol. The summed E-state index contributed by atoms with van der Waals surface area (Å²) in [5.74, 6) is -0.328. The lowest BCUT2D eigenvalue weighted by atomic mass is 10.1. The molecule has 1 aromatic rings. The summed E-state index contributed by atoms with van der Waals surface area (Å²) in [6.45, 7) is 6.45. The van der Waals surface area contributed by atoms with Gasteiger partial charge in [0, 0.05) is 30.0 Å². The number of rotatable bonds is 7. The molecule has 110 valence electrons. The number of anilines is 2. The van der Waals surface area contributed by atoms with E-state index >= 15 is 0 Å². The number of fused-ring (bicyclic) bond motifs is 1. The monoisotopic (exact) mass is 276 g/mol. The number of amides is 1. The SMILES string of the molecule is CCCCN(CCCC)c1ccc2c(c1)NC(=O)C2O. The van der Waals surface area contributed by atoms with Crippen LogP contribution in [-0.4, -0.2) is 24.1 Å². The maximum Gasteiger partial charge on any atom is 0.257 e. The van der Waals surface area contributed by atoms with Crippen LogP contribution in [0.15, 0.2) is 18.2 Å². The quantitative estimate of drug-likeness (QED) is 0.804. The molecule has 1 unspecified atom stereocenters. The van der Waals surface area contributed by atoms with Crippen LogP contribution in [-0.2, 0) is 4.79 Å². The molecule has 1 atom stereocenters. The standard InChI is InChI=1S/C16H24N2O2/c1-3-5-9-18(10-6-4-2)12-7-8-13-14(11-12)17-16(20)15(13)19/h7-8,11,15,19H,3-6,9-10H2,1-2H3,(H,17,20). The number of unbranched alkanes of at least 4 members (excludes halogenated alkanes) is 2. The van der Waals surface area contributed by atoms with Crippen molar-refractivity contribution < 1.29 is 9.90 Å². The van der Waals surface area contributed by atoms with E-state index in [-0.39, 0.29) is 5.91 Å². The number of carbonyl (C=O) groups is 1. The van der Waals surface area contributed by atoms with Gasteiger partial charge in [-0.1, -0.05) is 32.8 Å². The van der Waals surface area contributed by atoms with Gasteiger partial charge in [-0.2, -0.15) is 0 Å². The number of benzene rings is 1. The van der Waals surface area contributed by atoms with Crippen LogP contribution in [0.2, 0.25) is 0 Å². The highest BCUT2D eigenvalue weighted by atomic mass is 16.3. The van der Waals surface area contributed by atoms with Gasteiger partial charge in [0.1, 0.15) is 0 Å². The van der Waals surface area contributed by atoms with Gasteiger partial charge >= 0.3 is 0 Å². The summed E-state index contributed by atoms with van der Waals surface area (Å²) in [6.07, 6.45) is 3.65. The molecule has 0 aliphatic carbocycles. The van der Waals surface area contributed by atoms with E-state index in [1.807, 2.05) is 18.2 Å². The summed E-state index contributed by atoms with van der Waals surface area (Å²) >= 11 is 0. The minimum absolute atomic E-state index is 0.328. The molecule has 0 fully saturated rings. The third kappa shape index (κ3) is 3.12. The molecule has 0 saturated carbocycles. The van der Waals surface area contributed by atoms with E-state index in [9.17, 15) is 9.90 Å². The van der Waals surface area contributed by atoms with Crippen molar-refractivity contribution in [2.24, 2.45) is 0 Å². The Hall–Kier alpha value is -1.55. The second-order valence-electron chi connectivity index (χ2n) is 5.36. The second-order valence-corrected chi connectivity index (χ2v) is 5.36. The Labute approximate surface area is 120 Å². The Morgan fingerprint density at radius 3 is 2.45 bits per heavy atom. The molecule has 2 rings (SSSR count). The number of nitrogens with one attached hydrogen (secondary N) is 1. The van der Waals surface area contributed by atoms with Crippen LogP contribution in [0, 0.1) is 0 Å². The highest BCUT2D eigenvalue weighted by Crippen LogP contribution is 2.34. The minimum atomic E-state index is -1.02. The molecule has 0 bridgehead atoms. The Morgan fingerprint density at radius 2 is 1.85 bits per heavy atom. The van der Waals surface area contributed by atoms with Gasteiger partial charge in [0.2, 0.25) is 0 Å². The van der Waals surface area contributed by atoms with Crippen LogP contribution < -0.4 is 10.2 Å². The first kappa shape index (κ1) is 14.9. The predicted molar refractivity (Wildman–Crippen MR) is 82.1 cm³/mol. The fraction of sp³-hybridized carbons (Fsp3) is 0.562.